The number of hydrogen-bond donors (Lipinski definition) is 2. The summed E-state index contributed by atoms with van der Waals surface area (Å²) in [6.07, 6.45) is 3.99. The van der Waals surface area contributed by atoms with Crippen molar-refractivity contribution in [3.63, 3.8) is 0 Å². The highest BCUT2D eigenvalue weighted by Crippen LogP contribution is 2.43. The van der Waals surface area contributed by atoms with Crippen LogP contribution in [0.1, 0.15) is 46.5 Å². The predicted molar refractivity (Wildman–Crippen MR) is 62.6 cm³/mol. The van der Waals surface area contributed by atoms with Crippen LogP contribution in [0.5, 0.6) is 0 Å². The lowest BCUT2D eigenvalue weighted by molar-refractivity contribution is -0.123. The summed E-state index contributed by atoms with van der Waals surface area (Å²) in [5.41, 5.74) is -0.743. The van der Waals surface area contributed by atoms with Crippen LogP contribution in [0.4, 0.5) is 0 Å². The third-order valence-electron chi connectivity index (χ3n) is 3.73. The van der Waals surface area contributed by atoms with Crippen molar-refractivity contribution in [1.29, 1.82) is 0 Å². The molecule has 2 nitrogen and oxygen atoms in total. The Labute approximate surface area is 93.0 Å². The van der Waals surface area contributed by atoms with Crippen LogP contribution in [0.25, 0.3) is 0 Å². The van der Waals surface area contributed by atoms with E-state index >= 15 is 0 Å². The number of rotatable bonds is 2. The molecule has 1 saturated carbocycles. The average Bonchev–Trinajstić information content (AvgIpc) is 2.08. The number of aliphatic hydroxyl groups is 2. The second-order valence-electron chi connectivity index (χ2n) is 5.96. The lowest BCUT2D eigenvalue weighted by Crippen LogP contribution is -2.49. The van der Waals surface area contributed by atoms with Gasteiger partial charge < -0.3 is 10.2 Å². The van der Waals surface area contributed by atoms with Crippen molar-refractivity contribution in [3.8, 4) is 0 Å². The van der Waals surface area contributed by atoms with Gasteiger partial charge in [-0.05, 0) is 37.0 Å². The van der Waals surface area contributed by atoms with Crippen LogP contribution in [0.3, 0.4) is 0 Å². The van der Waals surface area contributed by atoms with E-state index in [1.165, 1.54) is 0 Å². The highest BCUT2D eigenvalue weighted by atomic mass is 16.3. The van der Waals surface area contributed by atoms with E-state index < -0.39 is 11.7 Å². The summed E-state index contributed by atoms with van der Waals surface area (Å²) in [6, 6.07) is 0. The van der Waals surface area contributed by atoms with E-state index in [-0.39, 0.29) is 5.41 Å². The minimum Gasteiger partial charge on any atom is -0.390 e. The van der Waals surface area contributed by atoms with E-state index in [2.05, 4.69) is 27.4 Å². The van der Waals surface area contributed by atoms with Gasteiger partial charge in [-0.15, -0.1) is 6.58 Å². The van der Waals surface area contributed by atoms with Gasteiger partial charge in [0.15, 0.2) is 0 Å². The van der Waals surface area contributed by atoms with E-state index in [0.717, 1.165) is 6.42 Å². The summed E-state index contributed by atoms with van der Waals surface area (Å²) in [6.45, 7) is 10.2. The summed E-state index contributed by atoms with van der Waals surface area (Å²) in [4.78, 5) is 0. The molecule has 0 spiro atoms. The van der Waals surface area contributed by atoms with Crippen molar-refractivity contribution in [3.05, 3.63) is 12.7 Å². The minimum atomic E-state index is -0.946. The van der Waals surface area contributed by atoms with Crippen LogP contribution in [-0.2, 0) is 0 Å². The molecular formula is C13H24O2. The van der Waals surface area contributed by atoms with Crippen molar-refractivity contribution in [2.24, 2.45) is 11.3 Å². The molecule has 0 aliphatic heterocycles. The lowest BCUT2D eigenvalue weighted by atomic mass is 9.65. The molecule has 0 aromatic rings. The molecule has 1 aliphatic rings. The highest BCUT2D eigenvalue weighted by Gasteiger charge is 2.43. The summed E-state index contributed by atoms with van der Waals surface area (Å²) in [5, 5.41) is 20.2. The number of aliphatic hydroxyl groups excluding tert-OH is 1. The van der Waals surface area contributed by atoms with Crippen LogP contribution in [-0.4, -0.2) is 21.9 Å². The van der Waals surface area contributed by atoms with Gasteiger partial charge in [0.05, 0.1) is 11.7 Å². The monoisotopic (exact) mass is 212 g/mol. The van der Waals surface area contributed by atoms with Gasteiger partial charge in [0, 0.05) is 0 Å². The van der Waals surface area contributed by atoms with E-state index in [9.17, 15) is 10.2 Å². The van der Waals surface area contributed by atoms with Gasteiger partial charge in [0.2, 0.25) is 0 Å². The topological polar surface area (TPSA) is 40.5 Å². The van der Waals surface area contributed by atoms with Gasteiger partial charge in [0.25, 0.3) is 0 Å². The first kappa shape index (κ1) is 12.7. The minimum absolute atomic E-state index is 0.204. The number of hydrogen-bond acceptors (Lipinski definition) is 2. The molecule has 0 unspecified atom stereocenters. The van der Waals surface area contributed by atoms with E-state index in [4.69, 9.17) is 0 Å². The quantitative estimate of drug-likeness (QED) is 0.690. The van der Waals surface area contributed by atoms with Crippen LogP contribution in [0.15, 0.2) is 12.7 Å². The highest BCUT2D eigenvalue weighted by molar-refractivity contribution is 4.99. The third-order valence-corrected chi connectivity index (χ3v) is 3.73. The normalized spacial score (nSPS) is 37.7. The summed E-state index contributed by atoms with van der Waals surface area (Å²) in [7, 11) is 0. The Kier molecular flexibility index (Phi) is 3.62. The fourth-order valence-corrected chi connectivity index (χ4v) is 2.50. The Balaban J connectivity index is 2.76. The molecule has 2 heteroatoms. The molecule has 88 valence electrons. The first-order chi connectivity index (χ1) is 6.79. The van der Waals surface area contributed by atoms with Crippen molar-refractivity contribution < 1.29 is 10.2 Å². The Morgan fingerprint density at radius 1 is 1.40 bits per heavy atom. The molecule has 0 aromatic heterocycles. The van der Waals surface area contributed by atoms with E-state index in [0.29, 0.717) is 25.2 Å². The van der Waals surface area contributed by atoms with Crippen LogP contribution in [0, 0.1) is 11.3 Å². The van der Waals surface area contributed by atoms with Gasteiger partial charge in [-0.25, -0.2) is 0 Å². The zero-order chi connectivity index (χ0) is 11.7. The molecule has 1 aliphatic carbocycles. The van der Waals surface area contributed by atoms with Gasteiger partial charge in [-0.2, -0.15) is 0 Å². The largest absolute Gasteiger partial charge is 0.390 e. The van der Waals surface area contributed by atoms with Gasteiger partial charge in [-0.3, -0.25) is 0 Å². The lowest BCUT2D eigenvalue weighted by Gasteiger charge is -2.45. The summed E-state index contributed by atoms with van der Waals surface area (Å²) in [5.74, 6) is 0.478. The molecule has 15 heavy (non-hydrogen) atoms. The predicted octanol–water partition coefficient (Wildman–Crippen LogP) is 2.50. The Morgan fingerprint density at radius 3 is 2.47 bits per heavy atom. The smallest absolute Gasteiger partial charge is 0.0942 e. The first-order valence-electron chi connectivity index (χ1n) is 5.81. The van der Waals surface area contributed by atoms with Crippen molar-refractivity contribution in [2.45, 2.75) is 58.2 Å². The second-order valence-corrected chi connectivity index (χ2v) is 5.96. The van der Waals surface area contributed by atoms with Gasteiger partial charge in [0.1, 0.15) is 0 Å². The van der Waals surface area contributed by atoms with Crippen LogP contribution in [0.2, 0.25) is 0 Å². The molecule has 1 fully saturated rings. The third kappa shape index (κ3) is 2.82. The zero-order valence-electron chi connectivity index (χ0n) is 10.2. The molecule has 0 radical (unpaired) electrons. The fraction of sp³-hybridized carbons (Fsp3) is 0.846. The van der Waals surface area contributed by atoms with Gasteiger partial charge in [-0.1, -0.05) is 26.8 Å². The first-order valence-corrected chi connectivity index (χ1v) is 5.81. The molecule has 0 heterocycles. The Bertz CT molecular complexity index is 229. The molecular weight excluding hydrogens is 188 g/mol. The average molecular weight is 212 g/mol. The second kappa shape index (κ2) is 4.26. The fourth-order valence-electron chi connectivity index (χ4n) is 2.50. The van der Waals surface area contributed by atoms with Crippen molar-refractivity contribution in [2.75, 3.05) is 0 Å². The summed E-state index contributed by atoms with van der Waals surface area (Å²) < 4.78 is 0. The molecule has 0 bridgehead atoms. The van der Waals surface area contributed by atoms with Crippen molar-refractivity contribution in [1.82, 2.24) is 0 Å². The Hall–Kier alpha value is -0.340. The van der Waals surface area contributed by atoms with E-state index in [1.807, 2.05) is 0 Å². The maximum absolute atomic E-state index is 10.4. The Morgan fingerprint density at radius 2 is 2.00 bits per heavy atom. The van der Waals surface area contributed by atoms with E-state index in [1.54, 1.807) is 6.08 Å². The molecule has 0 saturated heterocycles. The molecule has 1 rings (SSSR count). The summed E-state index contributed by atoms with van der Waals surface area (Å²) >= 11 is 0. The van der Waals surface area contributed by atoms with Gasteiger partial charge >= 0.3 is 0 Å². The van der Waals surface area contributed by atoms with Crippen LogP contribution >= 0.6 is 0 Å². The maximum Gasteiger partial charge on any atom is 0.0942 e. The molecule has 0 amide bonds. The van der Waals surface area contributed by atoms with Crippen molar-refractivity contribution >= 4 is 0 Å². The molecule has 3 atom stereocenters. The maximum atomic E-state index is 10.4. The molecule has 0 aromatic carbocycles. The molecule has 2 N–H and O–H groups in total. The zero-order valence-corrected chi connectivity index (χ0v) is 10.2. The SMILES string of the molecule is C=CC[C@]1(O)C[C@H](C(C)(C)C)CC[C@H]1O. The van der Waals surface area contributed by atoms with Crippen LogP contribution < -0.4 is 0 Å². The standard InChI is InChI=1S/C13H24O2/c1-5-8-13(15)9-10(12(2,3)4)6-7-11(13)14/h5,10-11,14-15H,1,6-9H2,2-4H3/t10-,11-,13+/m1/s1.